The van der Waals surface area contributed by atoms with Gasteiger partial charge in [-0.1, -0.05) is 15.9 Å². The van der Waals surface area contributed by atoms with Crippen LogP contribution in [0.1, 0.15) is 21.5 Å². The number of hydrogen-bond acceptors (Lipinski definition) is 3. The average Bonchev–Trinajstić information content (AvgIpc) is 2.16. The molecule has 0 aromatic heterocycles. The Morgan fingerprint density at radius 2 is 2.20 bits per heavy atom. The Hall–Kier alpha value is -1.43. The van der Waals surface area contributed by atoms with Crippen molar-refractivity contribution in [1.82, 2.24) is 0 Å². The van der Waals surface area contributed by atoms with Crippen molar-refractivity contribution >= 4 is 27.6 Å². The third kappa shape index (κ3) is 2.33. The van der Waals surface area contributed by atoms with E-state index in [2.05, 4.69) is 15.9 Å². The quantitative estimate of drug-likeness (QED) is 0.521. The lowest BCUT2D eigenvalue weighted by Crippen LogP contribution is -2.04. The molecule has 15 heavy (non-hydrogen) atoms. The third-order valence-electron chi connectivity index (χ3n) is 1.99. The zero-order valence-electron chi connectivity index (χ0n) is 7.86. The Labute approximate surface area is 94.0 Å². The lowest BCUT2D eigenvalue weighted by Gasteiger charge is -2.04. The van der Waals surface area contributed by atoms with Crippen LogP contribution in [0.2, 0.25) is 0 Å². The monoisotopic (exact) mass is 273 g/mol. The van der Waals surface area contributed by atoms with Gasteiger partial charge in [0.25, 0.3) is 5.69 Å². The van der Waals surface area contributed by atoms with E-state index in [1.165, 1.54) is 19.1 Å². The molecule has 0 spiro atoms. The van der Waals surface area contributed by atoms with Gasteiger partial charge in [-0.2, -0.15) is 0 Å². The van der Waals surface area contributed by atoms with Crippen LogP contribution in [0.25, 0.3) is 0 Å². The molecule has 1 aromatic carbocycles. The van der Waals surface area contributed by atoms with E-state index in [1.807, 2.05) is 0 Å². The number of carbonyl (C=O) groups is 1. The van der Waals surface area contributed by atoms with E-state index in [0.717, 1.165) is 0 Å². The van der Waals surface area contributed by atoms with Crippen LogP contribution in [0, 0.1) is 17.0 Å². The summed E-state index contributed by atoms with van der Waals surface area (Å²) in [6, 6.07) is 2.60. The van der Waals surface area contributed by atoms with E-state index in [4.69, 9.17) is 5.11 Å². The second kappa shape index (κ2) is 4.39. The third-order valence-corrected chi connectivity index (χ3v) is 2.60. The fraction of sp³-hybridized carbons (Fsp3) is 0.222. The van der Waals surface area contributed by atoms with Gasteiger partial charge >= 0.3 is 5.97 Å². The van der Waals surface area contributed by atoms with Crippen LogP contribution in [-0.2, 0) is 5.33 Å². The molecule has 0 aliphatic heterocycles. The summed E-state index contributed by atoms with van der Waals surface area (Å²) in [5, 5.41) is 19.7. The Morgan fingerprint density at radius 1 is 1.60 bits per heavy atom. The van der Waals surface area contributed by atoms with E-state index < -0.39 is 10.9 Å². The fourth-order valence-electron chi connectivity index (χ4n) is 1.25. The normalized spacial score (nSPS) is 10.0. The molecular weight excluding hydrogens is 266 g/mol. The average molecular weight is 274 g/mol. The predicted octanol–water partition coefficient (Wildman–Crippen LogP) is 2.50. The van der Waals surface area contributed by atoms with Crippen molar-refractivity contribution in [1.29, 1.82) is 0 Å². The maximum Gasteiger partial charge on any atom is 0.336 e. The number of halogens is 1. The van der Waals surface area contributed by atoms with Gasteiger partial charge < -0.3 is 5.11 Å². The van der Waals surface area contributed by atoms with Gasteiger partial charge in [0.2, 0.25) is 0 Å². The van der Waals surface area contributed by atoms with Crippen molar-refractivity contribution in [3.05, 3.63) is 38.9 Å². The lowest BCUT2D eigenvalue weighted by atomic mass is 10.0. The molecule has 0 fully saturated rings. The molecule has 0 heterocycles. The van der Waals surface area contributed by atoms with Crippen molar-refractivity contribution in [3.63, 3.8) is 0 Å². The number of nitro groups is 1. The van der Waals surface area contributed by atoms with Gasteiger partial charge in [0.1, 0.15) is 0 Å². The Morgan fingerprint density at radius 3 is 2.60 bits per heavy atom. The highest BCUT2D eigenvalue weighted by atomic mass is 79.9. The Bertz CT molecular complexity index is 430. The van der Waals surface area contributed by atoms with Crippen molar-refractivity contribution in [2.45, 2.75) is 12.3 Å². The van der Waals surface area contributed by atoms with Gasteiger partial charge in [0, 0.05) is 17.0 Å². The van der Waals surface area contributed by atoms with Crippen LogP contribution in [0.3, 0.4) is 0 Å². The number of nitro benzene ring substituents is 1. The molecule has 0 radical (unpaired) electrons. The topological polar surface area (TPSA) is 80.4 Å². The molecule has 5 nitrogen and oxygen atoms in total. The first-order chi connectivity index (χ1) is 6.97. The van der Waals surface area contributed by atoms with Crippen LogP contribution in [0.4, 0.5) is 5.69 Å². The fourth-order valence-corrected chi connectivity index (χ4v) is 1.71. The maximum absolute atomic E-state index is 10.8. The van der Waals surface area contributed by atoms with Gasteiger partial charge in [0.05, 0.1) is 10.5 Å². The number of carboxylic acid groups (broad SMARTS) is 1. The van der Waals surface area contributed by atoms with E-state index >= 15 is 0 Å². The molecule has 0 unspecified atom stereocenters. The van der Waals surface area contributed by atoms with Gasteiger partial charge in [-0.05, 0) is 18.6 Å². The van der Waals surface area contributed by atoms with Gasteiger partial charge in [-0.3, -0.25) is 10.1 Å². The Balaban J connectivity index is 3.42. The number of aryl methyl sites for hydroxylation is 1. The largest absolute Gasteiger partial charge is 0.478 e. The zero-order chi connectivity index (χ0) is 11.6. The second-order valence-corrected chi connectivity index (χ2v) is 3.55. The maximum atomic E-state index is 10.8. The smallest absolute Gasteiger partial charge is 0.336 e. The standard InChI is InChI=1S/C9H8BrNO4/c1-5-2-7(9(12)13)6(4-10)3-8(5)11(14)15/h2-3H,4H2,1H3,(H,12,13). The second-order valence-electron chi connectivity index (χ2n) is 2.99. The van der Waals surface area contributed by atoms with Crippen molar-refractivity contribution < 1.29 is 14.8 Å². The van der Waals surface area contributed by atoms with Gasteiger partial charge in [-0.25, -0.2) is 4.79 Å². The van der Waals surface area contributed by atoms with Crippen LogP contribution in [-0.4, -0.2) is 16.0 Å². The summed E-state index contributed by atoms with van der Waals surface area (Å²) in [6.45, 7) is 1.52. The van der Waals surface area contributed by atoms with Gasteiger partial charge in [0.15, 0.2) is 0 Å². The highest BCUT2D eigenvalue weighted by Crippen LogP contribution is 2.24. The minimum absolute atomic E-state index is 0.0607. The van der Waals surface area contributed by atoms with Crippen LogP contribution in [0.5, 0.6) is 0 Å². The molecule has 0 aliphatic carbocycles. The summed E-state index contributed by atoms with van der Waals surface area (Å²) in [5.74, 6) is -1.08. The molecule has 0 amide bonds. The summed E-state index contributed by atoms with van der Waals surface area (Å²) < 4.78 is 0. The molecule has 1 rings (SSSR count). The molecule has 1 N–H and O–H groups in total. The van der Waals surface area contributed by atoms with Crippen molar-refractivity contribution in [2.75, 3.05) is 0 Å². The summed E-state index contributed by atoms with van der Waals surface area (Å²) in [5.41, 5.74) is 0.784. The first kappa shape index (κ1) is 11.6. The number of nitrogens with zero attached hydrogens (tertiary/aromatic N) is 1. The number of aromatic carboxylic acids is 1. The molecular formula is C9H8BrNO4. The van der Waals surface area contributed by atoms with Crippen LogP contribution < -0.4 is 0 Å². The lowest BCUT2D eigenvalue weighted by molar-refractivity contribution is -0.385. The summed E-state index contributed by atoms with van der Waals surface area (Å²) in [4.78, 5) is 20.9. The van der Waals surface area contributed by atoms with Crippen LogP contribution in [0.15, 0.2) is 12.1 Å². The summed E-state index contributed by atoms with van der Waals surface area (Å²) in [6.07, 6.45) is 0. The summed E-state index contributed by atoms with van der Waals surface area (Å²) >= 11 is 3.10. The first-order valence-corrected chi connectivity index (χ1v) is 5.16. The van der Waals surface area contributed by atoms with Crippen molar-refractivity contribution in [3.8, 4) is 0 Å². The first-order valence-electron chi connectivity index (χ1n) is 4.04. The van der Waals surface area contributed by atoms with E-state index in [9.17, 15) is 14.9 Å². The van der Waals surface area contributed by atoms with E-state index in [0.29, 0.717) is 11.1 Å². The number of hydrogen-bond donors (Lipinski definition) is 1. The molecule has 0 saturated heterocycles. The highest BCUT2D eigenvalue weighted by Gasteiger charge is 2.17. The predicted molar refractivity (Wildman–Crippen MR) is 57.4 cm³/mol. The number of alkyl halides is 1. The molecule has 0 aliphatic rings. The highest BCUT2D eigenvalue weighted by molar-refractivity contribution is 9.08. The molecule has 1 aromatic rings. The van der Waals surface area contributed by atoms with Crippen LogP contribution >= 0.6 is 15.9 Å². The minimum atomic E-state index is -1.08. The number of rotatable bonds is 3. The van der Waals surface area contributed by atoms with E-state index in [-0.39, 0.29) is 16.6 Å². The molecule has 0 saturated carbocycles. The molecule has 0 atom stereocenters. The SMILES string of the molecule is Cc1cc(C(=O)O)c(CBr)cc1[N+](=O)[O-]. The Kier molecular flexibility index (Phi) is 3.41. The molecule has 6 heteroatoms. The zero-order valence-corrected chi connectivity index (χ0v) is 9.44. The van der Waals surface area contributed by atoms with Gasteiger partial charge in [-0.15, -0.1) is 0 Å². The van der Waals surface area contributed by atoms with Crippen molar-refractivity contribution in [2.24, 2.45) is 0 Å². The number of carboxylic acids is 1. The summed E-state index contributed by atoms with van der Waals surface area (Å²) in [7, 11) is 0. The number of benzene rings is 1. The van der Waals surface area contributed by atoms with E-state index in [1.54, 1.807) is 0 Å². The molecule has 0 bridgehead atoms. The minimum Gasteiger partial charge on any atom is -0.478 e. The molecule has 80 valence electrons.